The van der Waals surface area contributed by atoms with Gasteiger partial charge in [-0.25, -0.2) is 0 Å². The van der Waals surface area contributed by atoms with E-state index < -0.39 is 5.97 Å². The highest BCUT2D eigenvalue weighted by Gasteiger charge is 2.08. The Morgan fingerprint density at radius 1 is 1.60 bits per heavy atom. The molecule has 0 atom stereocenters. The fourth-order valence-electron chi connectivity index (χ4n) is 1.40. The van der Waals surface area contributed by atoms with Gasteiger partial charge >= 0.3 is 5.97 Å². The maximum atomic E-state index is 10.6. The van der Waals surface area contributed by atoms with Crippen LogP contribution in [0.25, 0.3) is 10.1 Å². The van der Waals surface area contributed by atoms with Gasteiger partial charge in [0.1, 0.15) is 0 Å². The largest absolute Gasteiger partial charge is 0.481 e. The number of benzene rings is 1. The Labute approximate surface area is 90.3 Å². The lowest BCUT2D eigenvalue weighted by Crippen LogP contribution is -1.99. The Balaban J connectivity index is 2.47. The summed E-state index contributed by atoms with van der Waals surface area (Å²) in [6.07, 6.45) is 0.0228. The average Bonchev–Trinajstić information content (AvgIpc) is 2.59. The van der Waals surface area contributed by atoms with Crippen molar-refractivity contribution in [3.63, 3.8) is 0 Å². The van der Waals surface area contributed by atoms with Gasteiger partial charge in [0.25, 0.3) is 0 Å². The molecule has 1 heterocycles. The van der Waals surface area contributed by atoms with Gasteiger partial charge in [0, 0.05) is 0 Å². The minimum atomic E-state index is -0.837. The maximum absolute atomic E-state index is 10.6. The standard InChI is InChI=1S/C10H9NO3S/c1-14-10-7-4-6(5-9(12)13)2-3-8(7)15-11-10/h2-4H,5H2,1H3,(H,12,13). The van der Waals surface area contributed by atoms with E-state index in [0.717, 1.165) is 15.6 Å². The van der Waals surface area contributed by atoms with Crippen molar-refractivity contribution in [3.8, 4) is 5.88 Å². The number of nitrogens with zero attached hydrogens (tertiary/aromatic N) is 1. The molecule has 0 aliphatic carbocycles. The van der Waals surface area contributed by atoms with E-state index in [1.165, 1.54) is 11.5 Å². The summed E-state index contributed by atoms with van der Waals surface area (Å²) in [4.78, 5) is 10.6. The summed E-state index contributed by atoms with van der Waals surface area (Å²) in [7, 11) is 1.55. The van der Waals surface area contributed by atoms with Crippen molar-refractivity contribution in [2.24, 2.45) is 0 Å². The van der Waals surface area contributed by atoms with Crippen LogP contribution in [0.1, 0.15) is 5.56 Å². The molecule has 0 spiro atoms. The summed E-state index contributed by atoms with van der Waals surface area (Å²) >= 11 is 1.34. The van der Waals surface area contributed by atoms with Gasteiger partial charge in [-0.2, -0.15) is 4.37 Å². The zero-order valence-electron chi connectivity index (χ0n) is 8.06. The van der Waals surface area contributed by atoms with Gasteiger partial charge in [0.15, 0.2) is 0 Å². The molecule has 0 aliphatic heterocycles. The normalized spacial score (nSPS) is 10.5. The third-order valence-electron chi connectivity index (χ3n) is 2.05. The molecule has 0 radical (unpaired) electrons. The maximum Gasteiger partial charge on any atom is 0.307 e. The molecule has 1 N–H and O–H groups in total. The van der Waals surface area contributed by atoms with Crippen molar-refractivity contribution in [2.75, 3.05) is 7.11 Å². The fourth-order valence-corrected chi connectivity index (χ4v) is 2.12. The molecule has 0 aliphatic rings. The van der Waals surface area contributed by atoms with E-state index in [1.54, 1.807) is 13.2 Å². The first-order valence-electron chi connectivity index (χ1n) is 4.35. The Bertz CT molecular complexity index is 506. The number of aliphatic carboxylic acids is 1. The summed E-state index contributed by atoms with van der Waals surface area (Å²) in [5, 5.41) is 9.55. The first-order valence-corrected chi connectivity index (χ1v) is 5.12. The number of carbonyl (C=O) groups is 1. The van der Waals surface area contributed by atoms with Gasteiger partial charge < -0.3 is 9.84 Å². The number of ether oxygens (including phenoxy) is 1. The highest BCUT2D eigenvalue weighted by molar-refractivity contribution is 7.13. The molecule has 15 heavy (non-hydrogen) atoms. The molecule has 0 saturated heterocycles. The SMILES string of the molecule is COc1nsc2ccc(CC(=O)O)cc12. The van der Waals surface area contributed by atoms with E-state index in [1.807, 2.05) is 12.1 Å². The van der Waals surface area contributed by atoms with Crippen molar-refractivity contribution in [1.29, 1.82) is 0 Å². The molecule has 0 unspecified atom stereocenters. The first-order chi connectivity index (χ1) is 7.20. The number of hydrogen-bond acceptors (Lipinski definition) is 4. The molecule has 0 bridgehead atoms. The second-order valence-corrected chi connectivity index (χ2v) is 3.90. The topological polar surface area (TPSA) is 59.4 Å². The highest BCUT2D eigenvalue weighted by atomic mass is 32.1. The molecule has 5 heteroatoms. The number of fused-ring (bicyclic) bond motifs is 1. The van der Waals surface area contributed by atoms with E-state index in [-0.39, 0.29) is 6.42 Å². The van der Waals surface area contributed by atoms with Crippen molar-refractivity contribution in [1.82, 2.24) is 4.37 Å². The van der Waals surface area contributed by atoms with E-state index in [9.17, 15) is 4.79 Å². The van der Waals surface area contributed by atoms with Crippen LogP contribution in [0.2, 0.25) is 0 Å². The zero-order chi connectivity index (χ0) is 10.8. The molecule has 1 aromatic heterocycles. The first kappa shape index (κ1) is 9.92. The van der Waals surface area contributed by atoms with Gasteiger partial charge in [0.2, 0.25) is 5.88 Å². The lowest BCUT2D eigenvalue weighted by Gasteiger charge is -1.98. The number of carboxylic acid groups (broad SMARTS) is 1. The predicted octanol–water partition coefficient (Wildman–Crippen LogP) is 1.93. The van der Waals surface area contributed by atoms with Crippen LogP contribution >= 0.6 is 11.5 Å². The predicted molar refractivity (Wildman–Crippen MR) is 57.5 cm³/mol. The molecule has 2 aromatic rings. The quantitative estimate of drug-likeness (QED) is 0.863. The lowest BCUT2D eigenvalue weighted by atomic mass is 10.1. The van der Waals surface area contributed by atoms with Crippen LogP contribution in [0.3, 0.4) is 0 Å². The Morgan fingerprint density at radius 3 is 3.07 bits per heavy atom. The van der Waals surface area contributed by atoms with Crippen LogP contribution in [-0.4, -0.2) is 22.6 Å². The van der Waals surface area contributed by atoms with Gasteiger partial charge in [-0.3, -0.25) is 4.79 Å². The molecule has 0 saturated carbocycles. The Hall–Kier alpha value is -1.62. The van der Waals surface area contributed by atoms with Gasteiger partial charge in [-0.15, -0.1) is 0 Å². The van der Waals surface area contributed by atoms with Crippen LogP contribution in [0.4, 0.5) is 0 Å². The lowest BCUT2D eigenvalue weighted by molar-refractivity contribution is -0.136. The minimum Gasteiger partial charge on any atom is -0.481 e. The van der Waals surface area contributed by atoms with E-state index in [0.29, 0.717) is 5.88 Å². The van der Waals surface area contributed by atoms with Gasteiger partial charge in [-0.05, 0) is 29.2 Å². The average molecular weight is 223 g/mol. The van der Waals surface area contributed by atoms with Crippen molar-refractivity contribution in [3.05, 3.63) is 23.8 Å². The summed E-state index contributed by atoms with van der Waals surface area (Å²) < 4.78 is 10.2. The third kappa shape index (κ3) is 1.92. The van der Waals surface area contributed by atoms with Crippen LogP contribution < -0.4 is 4.74 Å². The molecule has 4 nitrogen and oxygen atoms in total. The summed E-state index contributed by atoms with van der Waals surface area (Å²) in [6.45, 7) is 0. The van der Waals surface area contributed by atoms with E-state index in [4.69, 9.17) is 9.84 Å². The fraction of sp³-hybridized carbons (Fsp3) is 0.200. The number of rotatable bonds is 3. The molecule has 0 fully saturated rings. The summed E-state index contributed by atoms with van der Waals surface area (Å²) in [5.74, 6) is -0.279. The summed E-state index contributed by atoms with van der Waals surface area (Å²) in [5.41, 5.74) is 0.758. The zero-order valence-corrected chi connectivity index (χ0v) is 8.87. The highest BCUT2D eigenvalue weighted by Crippen LogP contribution is 2.29. The van der Waals surface area contributed by atoms with Crippen molar-refractivity contribution >= 4 is 27.6 Å². The van der Waals surface area contributed by atoms with Gasteiger partial charge in [0.05, 0.1) is 23.6 Å². The molecular formula is C10H9NO3S. The molecule has 2 rings (SSSR count). The third-order valence-corrected chi connectivity index (χ3v) is 2.86. The second-order valence-electron chi connectivity index (χ2n) is 3.09. The van der Waals surface area contributed by atoms with E-state index >= 15 is 0 Å². The van der Waals surface area contributed by atoms with Crippen LogP contribution in [0.15, 0.2) is 18.2 Å². The van der Waals surface area contributed by atoms with Crippen LogP contribution in [-0.2, 0) is 11.2 Å². The molecule has 0 amide bonds. The second kappa shape index (κ2) is 3.86. The van der Waals surface area contributed by atoms with Crippen LogP contribution in [0, 0.1) is 0 Å². The van der Waals surface area contributed by atoms with Crippen molar-refractivity contribution < 1.29 is 14.6 Å². The molecule has 1 aromatic carbocycles. The number of aromatic nitrogens is 1. The summed E-state index contributed by atoms with van der Waals surface area (Å²) in [6, 6.07) is 5.48. The Kier molecular flexibility index (Phi) is 2.55. The van der Waals surface area contributed by atoms with Crippen molar-refractivity contribution in [2.45, 2.75) is 6.42 Å². The smallest absolute Gasteiger partial charge is 0.307 e. The minimum absolute atomic E-state index is 0.0228. The Morgan fingerprint density at radius 2 is 2.40 bits per heavy atom. The van der Waals surface area contributed by atoms with Gasteiger partial charge in [-0.1, -0.05) is 6.07 Å². The number of hydrogen-bond donors (Lipinski definition) is 1. The monoisotopic (exact) mass is 223 g/mol. The molecule has 78 valence electrons. The van der Waals surface area contributed by atoms with E-state index in [2.05, 4.69) is 4.37 Å². The number of methoxy groups -OCH3 is 1. The molecular weight excluding hydrogens is 214 g/mol. The van der Waals surface area contributed by atoms with Crippen LogP contribution in [0.5, 0.6) is 5.88 Å². The number of carboxylic acids is 1.